The second-order valence-corrected chi connectivity index (χ2v) is 3.50. The summed E-state index contributed by atoms with van der Waals surface area (Å²) >= 11 is 5.59. The number of aliphatic hydroxyl groups excluding tert-OH is 1. The minimum Gasteiger partial charge on any atom is -0.382 e. The summed E-state index contributed by atoms with van der Waals surface area (Å²) in [6, 6.07) is 4.13. The summed E-state index contributed by atoms with van der Waals surface area (Å²) in [4.78, 5) is 0. The minimum absolute atomic E-state index is 0.146. The molecule has 0 saturated heterocycles. The van der Waals surface area contributed by atoms with Gasteiger partial charge in [-0.25, -0.2) is 0 Å². The molecule has 0 aliphatic carbocycles. The third kappa shape index (κ3) is 3.09. The Balaban J connectivity index is 2.90. The van der Waals surface area contributed by atoms with Gasteiger partial charge < -0.3 is 10.8 Å². The van der Waals surface area contributed by atoms with Crippen molar-refractivity contribution in [2.75, 3.05) is 0 Å². The summed E-state index contributed by atoms with van der Waals surface area (Å²) in [7, 11) is 0. The highest BCUT2D eigenvalue weighted by atomic mass is 35.5. The number of alkyl halides is 3. The van der Waals surface area contributed by atoms with Gasteiger partial charge in [-0.2, -0.15) is 13.2 Å². The Morgan fingerprint density at radius 2 is 1.93 bits per heavy atom. The predicted octanol–water partition coefficient (Wildman–Crippen LogP) is 2.26. The second-order valence-electron chi connectivity index (χ2n) is 3.07. The third-order valence-electron chi connectivity index (χ3n) is 1.91. The topological polar surface area (TPSA) is 46.2 Å². The summed E-state index contributed by atoms with van der Waals surface area (Å²) in [5.74, 6) is 0. The fourth-order valence-electron chi connectivity index (χ4n) is 1.10. The molecule has 0 radical (unpaired) electrons. The minimum atomic E-state index is -4.73. The monoisotopic (exact) mass is 239 g/mol. The highest BCUT2D eigenvalue weighted by Gasteiger charge is 2.42. The van der Waals surface area contributed by atoms with Crippen LogP contribution in [0, 0.1) is 0 Å². The van der Waals surface area contributed by atoms with Crippen molar-refractivity contribution in [1.82, 2.24) is 0 Å². The molecule has 1 rings (SSSR count). The van der Waals surface area contributed by atoms with E-state index in [9.17, 15) is 13.2 Å². The van der Waals surface area contributed by atoms with Crippen LogP contribution in [0.1, 0.15) is 11.6 Å². The van der Waals surface area contributed by atoms with Gasteiger partial charge in [-0.05, 0) is 17.7 Å². The van der Waals surface area contributed by atoms with Crippen molar-refractivity contribution in [1.29, 1.82) is 0 Å². The molecule has 1 aromatic carbocycles. The van der Waals surface area contributed by atoms with E-state index < -0.39 is 18.3 Å². The van der Waals surface area contributed by atoms with Crippen LogP contribution in [0.3, 0.4) is 0 Å². The van der Waals surface area contributed by atoms with Crippen LogP contribution in [0.4, 0.5) is 13.2 Å². The lowest BCUT2D eigenvalue weighted by Gasteiger charge is -2.21. The van der Waals surface area contributed by atoms with Crippen molar-refractivity contribution in [3.8, 4) is 0 Å². The molecule has 0 aromatic heterocycles. The Morgan fingerprint density at radius 1 is 1.33 bits per heavy atom. The average molecular weight is 240 g/mol. The van der Waals surface area contributed by atoms with Gasteiger partial charge >= 0.3 is 6.18 Å². The molecule has 0 aliphatic heterocycles. The fraction of sp³-hybridized carbons (Fsp3) is 0.333. The van der Waals surface area contributed by atoms with Crippen LogP contribution < -0.4 is 5.73 Å². The molecule has 0 spiro atoms. The lowest BCUT2D eigenvalue weighted by Crippen LogP contribution is -2.38. The van der Waals surface area contributed by atoms with E-state index in [1.165, 1.54) is 24.3 Å². The molecular weight excluding hydrogens is 231 g/mol. The van der Waals surface area contributed by atoms with Crippen molar-refractivity contribution in [2.24, 2.45) is 5.73 Å². The number of nitrogens with two attached hydrogens (primary N) is 1. The van der Waals surface area contributed by atoms with E-state index >= 15 is 0 Å². The van der Waals surface area contributed by atoms with E-state index in [0.717, 1.165) is 0 Å². The van der Waals surface area contributed by atoms with Crippen molar-refractivity contribution in [3.63, 3.8) is 0 Å². The van der Waals surface area contributed by atoms with Crippen LogP contribution in [0.25, 0.3) is 0 Å². The maximum absolute atomic E-state index is 12.1. The van der Waals surface area contributed by atoms with Crippen LogP contribution in [0.2, 0.25) is 5.02 Å². The average Bonchev–Trinajstić information content (AvgIpc) is 2.14. The first-order valence-electron chi connectivity index (χ1n) is 4.08. The van der Waals surface area contributed by atoms with Crippen LogP contribution in [-0.2, 0) is 0 Å². The molecule has 2 atom stereocenters. The van der Waals surface area contributed by atoms with Gasteiger partial charge in [0.2, 0.25) is 0 Å². The second kappa shape index (κ2) is 4.38. The zero-order valence-electron chi connectivity index (χ0n) is 7.50. The largest absolute Gasteiger partial charge is 0.416 e. The predicted molar refractivity (Wildman–Crippen MR) is 50.4 cm³/mol. The summed E-state index contributed by atoms with van der Waals surface area (Å²) in [5.41, 5.74) is 5.41. The van der Waals surface area contributed by atoms with E-state index in [1.807, 2.05) is 0 Å². The molecule has 0 amide bonds. The SMILES string of the molecule is N[C@H](c1cccc(Cl)c1)[C@@H](O)C(F)(F)F. The lowest BCUT2D eigenvalue weighted by molar-refractivity contribution is -0.210. The van der Waals surface area contributed by atoms with Crippen molar-refractivity contribution in [2.45, 2.75) is 18.3 Å². The molecule has 0 aliphatic rings. The molecule has 0 fully saturated rings. The first kappa shape index (κ1) is 12.3. The maximum Gasteiger partial charge on any atom is 0.416 e. The molecule has 84 valence electrons. The quantitative estimate of drug-likeness (QED) is 0.832. The Labute approximate surface area is 89.5 Å². The molecule has 1 aromatic rings. The van der Waals surface area contributed by atoms with Gasteiger partial charge in [0.05, 0.1) is 6.04 Å². The number of benzene rings is 1. The Morgan fingerprint density at radius 3 is 2.40 bits per heavy atom. The maximum atomic E-state index is 12.1. The van der Waals surface area contributed by atoms with Gasteiger partial charge in [-0.15, -0.1) is 0 Å². The van der Waals surface area contributed by atoms with Crippen LogP contribution in [0.15, 0.2) is 24.3 Å². The zero-order valence-corrected chi connectivity index (χ0v) is 8.26. The smallest absolute Gasteiger partial charge is 0.382 e. The highest BCUT2D eigenvalue weighted by Crippen LogP contribution is 2.29. The molecule has 0 saturated carbocycles. The number of hydrogen-bond acceptors (Lipinski definition) is 2. The number of rotatable bonds is 2. The van der Waals surface area contributed by atoms with Gasteiger partial charge in [0.1, 0.15) is 0 Å². The van der Waals surface area contributed by atoms with Crippen LogP contribution in [-0.4, -0.2) is 17.4 Å². The van der Waals surface area contributed by atoms with Crippen molar-refractivity contribution in [3.05, 3.63) is 34.9 Å². The summed E-state index contributed by atoms with van der Waals surface area (Å²) in [6.07, 6.45) is -7.32. The summed E-state index contributed by atoms with van der Waals surface area (Å²) in [5, 5.41) is 9.18. The number of hydrogen-bond donors (Lipinski definition) is 2. The number of aliphatic hydroxyl groups is 1. The molecule has 2 nitrogen and oxygen atoms in total. The summed E-state index contributed by atoms with van der Waals surface area (Å²) in [6.45, 7) is 0. The molecule has 15 heavy (non-hydrogen) atoms. The third-order valence-corrected chi connectivity index (χ3v) is 2.14. The van der Waals surface area contributed by atoms with Gasteiger partial charge in [0, 0.05) is 5.02 Å². The summed E-state index contributed by atoms with van der Waals surface area (Å²) < 4.78 is 36.4. The first-order chi connectivity index (χ1) is 6.82. The molecule has 0 unspecified atom stereocenters. The van der Waals surface area contributed by atoms with Crippen molar-refractivity contribution < 1.29 is 18.3 Å². The molecule has 0 bridgehead atoms. The standard InChI is InChI=1S/C9H9ClF3NO/c10-6-3-1-2-5(4-6)7(14)8(15)9(11,12)13/h1-4,7-8,15H,14H2/t7-,8-/m1/s1. The van der Waals surface area contributed by atoms with Crippen LogP contribution in [0.5, 0.6) is 0 Å². The van der Waals surface area contributed by atoms with E-state index in [-0.39, 0.29) is 10.6 Å². The normalized spacial score (nSPS) is 16.1. The highest BCUT2D eigenvalue weighted by molar-refractivity contribution is 6.30. The Kier molecular flexibility index (Phi) is 3.59. The molecule has 0 heterocycles. The Bertz CT molecular complexity index is 342. The van der Waals surface area contributed by atoms with Gasteiger partial charge in [0.15, 0.2) is 6.10 Å². The molecular formula is C9H9ClF3NO. The Hall–Kier alpha value is -0.780. The van der Waals surface area contributed by atoms with Crippen molar-refractivity contribution >= 4 is 11.6 Å². The molecule has 3 N–H and O–H groups in total. The van der Waals surface area contributed by atoms with E-state index in [0.29, 0.717) is 0 Å². The van der Waals surface area contributed by atoms with Crippen LogP contribution >= 0.6 is 11.6 Å². The van der Waals surface area contributed by atoms with Gasteiger partial charge in [-0.1, -0.05) is 23.7 Å². The fourth-order valence-corrected chi connectivity index (χ4v) is 1.30. The van der Waals surface area contributed by atoms with E-state index in [4.69, 9.17) is 22.4 Å². The van der Waals surface area contributed by atoms with Gasteiger partial charge in [-0.3, -0.25) is 0 Å². The van der Waals surface area contributed by atoms with E-state index in [2.05, 4.69) is 0 Å². The van der Waals surface area contributed by atoms with E-state index in [1.54, 1.807) is 0 Å². The van der Waals surface area contributed by atoms with Gasteiger partial charge in [0.25, 0.3) is 0 Å². The first-order valence-corrected chi connectivity index (χ1v) is 4.46. The molecule has 6 heteroatoms. The lowest BCUT2D eigenvalue weighted by atomic mass is 10.0. The zero-order chi connectivity index (χ0) is 11.6. The number of halogens is 4.